The van der Waals surface area contributed by atoms with E-state index in [1.54, 1.807) is 18.9 Å². The van der Waals surface area contributed by atoms with Crippen molar-refractivity contribution in [3.8, 4) is 0 Å². The monoisotopic (exact) mass is 357 g/mol. The highest BCUT2D eigenvalue weighted by Crippen LogP contribution is 2.17. The van der Waals surface area contributed by atoms with Gasteiger partial charge in [0.25, 0.3) is 11.6 Å². The van der Waals surface area contributed by atoms with E-state index < -0.39 is 0 Å². The van der Waals surface area contributed by atoms with Crippen molar-refractivity contribution in [3.63, 3.8) is 0 Å². The molecule has 0 amide bonds. The molecule has 0 radical (unpaired) electrons. The van der Waals surface area contributed by atoms with Gasteiger partial charge in [0.05, 0.1) is 30.4 Å². The van der Waals surface area contributed by atoms with Gasteiger partial charge >= 0.3 is 5.82 Å². The summed E-state index contributed by atoms with van der Waals surface area (Å²) < 4.78 is 3.95. The summed E-state index contributed by atoms with van der Waals surface area (Å²) >= 11 is 0. The van der Waals surface area contributed by atoms with Crippen LogP contribution in [0.5, 0.6) is 0 Å². The largest absolute Gasteiger partial charge is 0.342 e. The number of nitrogens with one attached hydrogen (secondary N) is 3. The van der Waals surface area contributed by atoms with Crippen molar-refractivity contribution in [2.75, 3.05) is 0 Å². The lowest BCUT2D eigenvalue weighted by molar-refractivity contribution is -0.719. The number of quaternary nitrogens is 1. The van der Waals surface area contributed by atoms with Crippen LogP contribution in [0.15, 0.2) is 80.2 Å². The van der Waals surface area contributed by atoms with E-state index in [9.17, 15) is 0 Å². The van der Waals surface area contributed by atoms with E-state index in [-0.39, 0.29) is 0 Å². The first-order valence-corrected chi connectivity index (χ1v) is 8.51. The second kappa shape index (κ2) is 5.26. The van der Waals surface area contributed by atoms with Crippen LogP contribution in [0.4, 0.5) is 5.82 Å². The maximum absolute atomic E-state index is 4.67. The normalized spacial score (nSPS) is 18.5. The fourth-order valence-electron chi connectivity index (χ4n) is 3.33. The molecule has 130 valence electrons. The van der Waals surface area contributed by atoms with Crippen molar-refractivity contribution in [2.24, 2.45) is 0 Å². The average Bonchev–Trinajstić information content (AvgIpc) is 3.42. The second-order valence-electron chi connectivity index (χ2n) is 6.37. The Morgan fingerprint density at radius 2 is 2.22 bits per heavy atom. The molecule has 0 aliphatic carbocycles. The van der Waals surface area contributed by atoms with Crippen LogP contribution in [-0.2, 0) is 0 Å². The Bertz CT molecular complexity index is 1240. The minimum absolute atomic E-state index is 0.878. The van der Waals surface area contributed by atoms with E-state index in [4.69, 9.17) is 0 Å². The standard InChI is InChI=1S/C18H13N9/c1-3-19-12-27-10-18(22-15(1)27)26-6-5-25-8-16(23-17(25)9-26)24-4-2-13-14(7-24)21-11-20-13/h1-12,23H/p+2. The number of H-pyrrole nitrogens is 1. The van der Waals surface area contributed by atoms with Gasteiger partial charge in [-0.3, -0.25) is 9.30 Å². The summed E-state index contributed by atoms with van der Waals surface area (Å²) in [5, 5.41) is 3.46. The summed E-state index contributed by atoms with van der Waals surface area (Å²) in [6.07, 6.45) is 19.4. The zero-order valence-corrected chi connectivity index (χ0v) is 14.1. The van der Waals surface area contributed by atoms with Gasteiger partial charge in [0, 0.05) is 12.3 Å². The van der Waals surface area contributed by atoms with Crippen LogP contribution >= 0.6 is 0 Å². The maximum atomic E-state index is 4.67. The number of imidazole rings is 2. The lowest BCUT2D eigenvalue weighted by Gasteiger charge is -2.15. The number of rotatable bonds is 2. The third kappa shape index (κ3) is 2.22. The first-order chi connectivity index (χ1) is 13.3. The van der Waals surface area contributed by atoms with Crippen molar-refractivity contribution < 1.29 is 9.47 Å². The van der Waals surface area contributed by atoms with E-state index in [0.717, 1.165) is 39.0 Å². The number of nitrogens with zero attached hydrogens (tertiary/aromatic N) is 6. The van der Waals surface area contributed by atoms with Gasteiger partial charge in [0.1, 0.15) is 36.1 Å². The molecule has 1 atom stereocenters. The number of fused-ring (bicyclic) bond motifs is 3. The number of aromatic amines is 1. The van der Waals surface area contributed by atoms with Crippen LogP contribution < -0.4 is 14.8 Å². The average molecular weight is 357 g/mol. The van der Waals surface area contributed by atoms with E-state index in [1.807, 2.05) is 45.9 Å². The van der Waals surface area contributed by atoms with Crippen molar-refractivity contribution >= 4 is 28.3 Å². The SMILES string of the molecule is C1=C[NH+](c2cn3cnccc3n2)C=C2NC([n+]3ccc4nc[nH]c4c3)=CN12. The van der Waals surface area contributed by atoms with Gasteiger partial charge < -0.3 is 4.98 Å². The quantitative estimate of drug-likeness (QED) is 0.442. The van der Waals surface area contributed by atoms with E-state index in [1.165, 1.54) is 0 Å². The predicted octanol–water partition coefficient (Wildman–Crippen LogP) is 0.0545. The topological polar surface area (TPSA) is 82.5 Å². The molecule has 2 aliphatic heterocycles. The van der Waals surface area contributed by atoms with Crippen LogP contribution in [0.2, 0.25) is 0 Å². The van der Waals surface area contributed by atoms with Crippen LogP contribution in [0, 0.1) is 0 Å². The molecule has 1 unspecified atom stereocenters. The molecule has 9 nitrogen and oxygen atoms in total. The van der Waals surface area contributed by atoms with Gasteiger partial charge in [-0.1, -0.05) is 0 Å². The molecule has 9 heteroatoms. The molecule has 0 spiro atoms. The zero-order chi connectivity index (χ0) is 17.8. The Balaban J connectivity index is 1.32. The molecular weight excluding hydrogens is 342 g/mol. The van der Waals surface area contributed by atoms with Gasteiger partial charge in [-0.25, -0.2) is 24.8 Å². The van der Waals surface area contributed by atoms with Crippen LogP contribution in [-0.4, -0.2) is 29.2 Å². The Morgan fingerprint density at radius 3 is 3.19 bits per heavy atom. The summed E-state index contributed by atoms with van der Waals surface area (Å²) in [6, 6.07) is 3.88. The van der Waals surface area contributed by atoms with Crippen molar-refractivity contribution in [2.45, 2.75) is 0 Å². The highest BCUT2D eigenvalue weighted by atomic mass is 15.4. The van der Waals surface area contributed by atoms with Gasteiger partial charge in [-0.05, 0) is 6.07 Å². The number of pyridine rings is 1. The third-order valence-corrected chi connectivity index (χ3v) is 4.70. The Kier molecular flexibility index (Phi) is 2.77. The van der Waals surface area contributed by atoms with Crippen LogP contribution in [0.3, 0.4) is 0 Å². The van der Waals surface area contributed by atoms with Gasteiger partial charge in [-0.15, -0.1) is 0 Å². The van der Waals surface area contributed by atoms with Crippen LogP contribution in [0.1, 0.15) is 0 Å². The van der Waals surface area contributed by atoms with Gasteiger partial charge in [0.2, 0.25) is 0 Å². The molecule has 6 rings (SSSR count). The minimum Gasteiger partial charge on any atom is -0.342 e. The molecule has 3 N–H and O–H groups in total. The summed E-state index contributed by atoms with van der Waals surface area (Å²) in [7, 11) is 0. The first-order valence-electron chi connectivity index (χ1n) is 8.51. The molecule has 4 aromatic rings. The van der Waals surface area contributed by atoms with Crippen molar-refractivity contribution in [1.29, 1.82) is 0 Å². The van der Waals surface area contributed by atoms with E-state index in [0.29, 0.717) is 0 Å². The summed E-state index contributed by atoms with van der Waals surface area (Å²) in [5.74, 6) is 2.85. The molecule has 0 bridgehead atoms. The molecule has 4 aromatic heterocycles. The second-order valence-corrected chi connectivity index (χ2v) is 6.37. The van der Waals surface area contributed by atoms with Crippen molar-refractivity contribution in [3.05, 3.63) is 80.2 Å². The number of aromatic nitrogens is 6. The van der Waals surface area contributed by atoms with E-state index in [2.05, 4.69) is 48.8 Å². The highest BCUT2D eigenvalue weighted by molar-refractivity contribution is 5.72. The lowest BCUT2D eigenvalue weighted by Crippen LogP contribution is -2.98. The van der Waals surface area contributed by atoms with Crippen molar-refractivity contribution in [1.82, 2.24) is 34.6 Å². The maximum Gasteiger partial charge on any atom is 0.302 e. The number of hydrogen-bond donors (Lipinski definition) is 3. The Labute approximate surface area is 153 Å². The van der Waals surface area contributed by atoms with Gasteiger partial charge in [-0.2, -0.15) is 4.98 Å². The van der Waals surface area contributed by atoms with Crippen LogP contribution in [0.25, 0.3) is 22.5 Å². The molecule has 0 saturated carbocycles. The lowest BCUT2D eigenvalue weighted by atomic mass is 10.4. The fraction of sp³-hybridized carbons (Fsp3) is 0. The summed E-state index contributed by atoms with van der Waals surface area (Å²) in [6.45, 7) is 0. The third-order valence-electron chi connectivity index (χ3n) is 4.70. The zero-order valence-electron chi connectivity index (χ0n) is 14.1. The smallest absolute Gasteiger partial charge is 0.302 e. The molecule has 0 aromatic carbocycles. The number of hydrogen-bond acceptors (Lipinski definition) is 5. The highest BCUT2D eigenvalue weighted by Gasteiger charge is 2.31. The van der Waals surface area contributed by atoms with Gasteiger partial charge in [0.15, 0.2) is 6.20 Å². The molecule has 2 aliphatic rings. The Hall–Kier alpha value is -3.98. The molecule has 27 heavy (non-hydrogen) atoms. The molecule has 6 heterocycles. The molecule has 0 fully saturated rings. The van der Waals surface area contributed by atoms with E-state index >= 15 is 0 Å². The summed E-state index contributed by atoms with van der Waals surface area (Å²) in [5.41, 5.74) is 2.81. The summed E-state index contributed by atoms with van der Waals surface area (Å²) in [4.78, 5) is 19.3. The first kappa shape index (κ1) is 14.2. The molecule has 0 saturated heterocycles. The predicted molar refractivity (Wildman–Crippen MR) is 96.4 cm³/mol. The minimum atomic E-state index is 0.878. The fourth-order valence-corrected chi connectivity index (χ4v) is 3.33. The molecular formula is C18H15N9+2. The Morgan fingerprint density at radius 1 is 1.22 bits per heavy atom.